The number of halogens is 2. The van der Waals surface area contributed by atoms with Crippen molar-refractivity contribution in [3.63, 3.8) is 0 Å². The lowest BCUT2D eigenvalue weighted by Crippen LogP contribution is -1.95. The van der Waals surface area contributed by atoms with E-state index < -0.39 is 4.92 Å². The molecule has 0 heterocycles. The predicted molar refractivity (Wildman–Crippen MR) is 55.6 cm³/mol. The molecule has 0 saturated carbocycles. The lowest BCUT2D eigenvalue weighted by molar-refractivity contribution is -0.386. The van der Waals surface area contributed by atoms with E-state index in [1.165, 1.54) is 0 Å². The summed E-state index contributed by atoms with van der Waals surface area (Å²) in [6, 6.07) is 3.29. The van der Waals surface area contributed by atoms with Crippen molar-refractivity contribution in [3.05, 3.63) is 36.4 Å². The van der Waals surface area contributed by atoms with Crippen LogP contribution in [-0.4, -0.2) is 4.92 Å². The van der Waals surface area contributed by atoms with Gasteiger partial charge in [-0.05, 0) is 41.6 Å². The maximum atomic E-state index is 10.5. The van der Waals surface area contributed by atoms with Crippen LogP contribution in [-0.2, 0) is 0 Å². The predicted octanol–water partition coefficient (Wildman–Crippen LogP) is 3.16. The van der Waals surface area contributed by atoms with Gasteiger partial charge in [0.15, 0.2) is 0 Å². The van der Waals surface area contributed by atoms with Gasteiger partial charge in [-0.1, -0.05) is 11.6 Å². The van der Waals surface area contributed by atoms with Gasteiger partial charge >= 0.3 is 0 Å². The third-order valence-electron chi connectivity index (χ3n) is 1.50. The molecule has 0 aliphatic heterocycles. The highest BCUT2D eigenvalue weighted by Crippen LogP contribution is 2.29. The summed E-state index contributed by atoms with van der Waals surface area (Å²) < 4.78 is 0.611. The number of nitro benzene ring substituents is 1. The second kappa shape index (κ2) is 3.57. The summed E-state index contributed by atoms with van der Waals surface area (Å²) >= 11 is 7.64. The topological polar surface area (TPSA) is 43.1 Å². The first-order valence-corrected chi connectivity index (χ1v) is 4.58. The second-order valence-electron chi connectivity index (χ2n) is 2.26. The molecule has 0 bridgehead atoms. The fourth-order valence-electron chi connectivity index (χ4n) is 0.867. The molecule has 0 aliphatic rings. The minimum Gasteiger partial charge on any atom is -0.258 e. The Morgan fingerprint density at radius 1 is 1.58 bits per heavy atom. The molecule has 0 fully saturated rings. The summed E-state index contributed by atoms with van der Waals surface area (Å²) in [5.41, 5.74) is 0.622. The normalized spacial score (nSPS) is 9.92. The molecule has 1 aromatic rings. The third-order valence-corrected chi connectivity index (χ3v) is 2.78. The number of rotatable bonds is 1. The van der Waals surface area contributed by atoms with Crippen LogP contribution in [0.5, 0.6) is 0 Å². The molecule has 1 aromatic carbocycles. The van der Waals surface area contributed by atoms with E-state index in [0.717, 1.165) is 0 Å². The minimum absolute atomic E-state index is 0.100. The molecule has 0 amide bonds. The number of hydrogen-bond donors (Lipinski definition) is 0. The molecule has 0 spiro atoms. The van der Waals surface area contributed by atoms with Crippen LogP contribution in [0.15, 0.2) is 12.1 Å². The molecular formula is C7H5ClINO2. The lowest BCUT2D eigenvalue weighted by Gasteiger charge is -2.00. The summed E-state index contributed by atoms with van der Waals surface area (Å²) in [4.78, 5) is 10.1. The van der Waals surface area contributed by atoms with E-state index in [0.29, 0.717) is 14.2 Å². The first-order chi connectivity index (χ1) is 5.54. The quantitative estimate of drug-likeness (QED) is 0.454. The van der Waals surface area contributed by atoms with Crippen LogP contribution in [0.4, 0.5) is 5.69 Å². The minimum atomic E-state index is -0.414. The first-order valence-electron chi connectivity index (χ1n) is 3.13. The second-order valence-corrected chi connectivity index (χ2v) is 3.83. The van der Waals surface area contributed by atoms with Crippen molar-refractivity contribution in [1.29, 1.82) is 0 Å². The SMILES string of the molecule is Cc1c(Cl)ccc(I)c1[N+](=O)[O-]. The van der Waals surface area contributed by atoms with Gasteiger partial charge < -0.3 is 0 Å². The van der Waals surface area contributed by atoms with Gasteiger partial charge in [0.2, 0.25) is 0 Å². The highest BCUT2D eigenvalue weighted by molar-refractivity contribution is 14.1. The van der Waals surface area contributed by atoms with Crippen LogP contribution in [0.1, 0.15) is 5.56 Å². The van der Waals surface area contributed by atoms with Gasteiger partial charge in [0, 0.05) is 5.56 Å². The van der Waals surface area contributed by atoms with E-state index >= 15 is 0 Å². The van der Waals surface area contributed by atoms with E-state index in [1.807, 2.05) is 22.6 Å². The molecule has 0 N–H and O–H groups in total. The zero-order chi connectivity index (χ0) is 9.30. The summed E-state index contributed by atoms with van der Waals surface area (Å²) in [7, 11) is 0. The summed E-state index contributed by atoms with van der Waals surface area (Å²) in [6.45, 7) is 1.64. The molecule has 0 atom stereocenters. The Hall–Kier alpha value is -0.360. The molecule has 0 unspecified atom stereocenters. The summed E-state index contributed by atoms with van der Waals surface area (Å²) in [5.74, 6) is 0. The molecule has 3 nitrogen and oxygen atoms in total. The van der Waals surface area contributed by atoms with E-state index in [4.69, 9.17) is 11.6 Å². The Kier molecular flexibility index (Phi) is 2.89. The van der Waals surface area contributed by atoms with E-state index in [9.17, 15) is 10.1 Å². The molecule has 0 radical (unpaired) electrons. The van der Waals surface area contributed by atoms with E-state index in [2.05, 4.69) is 0 Å². The van der Waals surface area contributed by atoms with Gasteiger partial charge in [0.1, 0.15) is 0 Å². The van der Waals surface area contributed by atoms with Gasteiger partial charge in [0.05, 0.1) is 13.5 Å². The van der Waals surface area contributed by atoms with Crippen molar-refractivity contribution in [3.8, 4) is 0 Å². The Morgan fingerprint density at radius 2 is 2.17 bits per heavy atom. The van der Waals surface area contributed by atoms with E-state index in [1.54, 1.807) is 19.1 Å². The van der Waals surface area contributed by atoms with Crippen LogP contribution in [0.3, 0.4) is 0 Å². The van der Waals surface area contributed by atoms with Crippen molar-refractivity contribution in [1.82, 2.24) is 0 Å². The van der Waals surface area contributed by atoms with Gasteiger partial charge in [-0.3, -0.25) is 10.1 Å². The number of nitro groups is 1. The van der Waals surface area contributed by atoms with Crippen LogP contribution >= 0.6 is 34.2 Å². The van der Waals surface area contributed by atoms with Crippen LogP contribution in [0.2, 0.25) is 5.02 Å². The largest absolute Gasteiger partial charge is 0.287 e. The Labute approximate surface area is 88.0 Å². The molecule has 0 aliphatic carbocycles. The maximum absolute atomic E-state index is 10.5. The van der Waals surface area contributed by atoms with Gasteiger partial charge in [-0.15, -0.1) is 0 Å². The van der Waals surface area contributed by atoms with Crippen molar-refractivity contribution >= 4 is 39.9 Å². The number of hydrogen-bond acceptors (Lipinski definition) is 2. The fourth-order valence-corrected chi connectivity index (χ4v) is 1.80. The zero-order valence-electron chi connectivity index (χ0n) is 6.17. The fraction of sp³-hybridized carbons (Fsp3) is 0.143. The zero-order valence-corrected chi connectivity index (χ0v) is 9.09. The van der Waals surface area contributed by atoms with Crippen molar-refractivity contribution < 1.29 is 4.92 Å². The Bertz CT molecular complexity index is 340. The molecule has 1 rings (SSSR count). The van der Waals surface area contributed by atoms with Crippen LogP contribution < -0.4 is 0 Å². The van der Waals surface area contributed by atoms with Crippen molar-refractivity contribution in [2.24, 2.45) is 0 Å². The van der Waals surface area contributed by atoms with Gasteiger partial charge in [-0.2, -0.15) is 0 Å². The average molecular weight is 297 g/mol. The third kappa shape index (κ3) is 1.69. The van der Waals surface area contributed by atoms with Crippen LogP contribution in [0, 0.1) is 20.6 Å². The number of benzene rings is 1. The highest BCUT2D eigenvalue weighted by atomic mass is 127. The Balaban J connectivity index is 3.43. The van der Waals surface area contributed by atoms with Crippen molar-refractivity contribution in [2.45, 2.75) is 6.92 Å². The van der Waals surface area contributed by atoms with E-state index in [-0.39, 0.29) is 5.69 Å². The lowest BCUT2D eigenvalue weighted by atomic mass is 10.2. The summed E-state index contributed by atoms with van der Waals surface area (Å²) in [5, 5.41) is 11.0. The molecule has 0 saturated heterocycles. The maximum Gasteiger partial charge on any atom is 0.287 e. The monoisotopic (exact) mass is 297 g/mol. The van der Waals surface area contributed by atoms with Crippen LogP contribution in [0.25, 0.3) is 0 Å². The van der Waals surface area contributed by atoms with Crippen molar-refractivity contribution in [2.75, 3.05) is 0 Å². The van der Waals surface area contributed by atoms with Gasteiger partial charge in [-0.25, -0.2) is 0 Å². The standard InChI is InChI=1S/C7H5ClINO2/c1-4-5(8)2-3-6(9)7(4)10(11)12/h2-3H,1H3. The molecular weight excluding hydrogens is 292 g/mol. The Morgan fingerprint density at radius 3 is 2.58 bits per heavy atom. The molecule has 0 aromatic heterocycles. The number of nitrogens with zero attached hydrogens (tertiary/aromatic N) is 1. The smallest absolute Gasteiger partial charge is 0.258 e. The summed E-state index contributed by atoms with van der Waals surface area (Å²) in [6.07, 6.45) is 0. The molecule has 64 valence electrons. The molecule has 12 heavy (non-hydrogen) atoms. The first kappa shape index (κ1) is 9.73. The average Bonchev–Trinajstić information content (AvgIpc) is 1.97. The van der Waals surface area contributed by atoms with Gasteiger partial charge in [0.25, 0.3) is 5.69 Å². The molecule has 5 heteroatoms. The highest BCUT2D eigenvalue weighted by Gasteiger charge is 2.17.